The van der Waals surface area contributed by atoms with Gasteiger partial charge < -0.3 is 0 Å². The zero-order valence-electron chi connectivity index (χ0n) is 8.85. The molecule has 2 nitrogen and oxygen atoms in total. The van der Waals surface area contributed by atoms with Crippen molar-refractivity contribution < 1.29 is 14.0 Å². The van der Waals surface area contributed by atoms with Gasteiger partial charge in [-0.2, -0.15) is 0 Å². The van der Waals surface area contributed by atoms with Crippen LogP contribution in [0.4, 0.5) is 4.39 Å². The summed E-state index contributed by atoms with van der Waals surface area (Å²) in [6.07, 6.45) is 0. The summed E-state index contributed by atoms with van der Waals surface area (Å²) >= 11 is 0. The molecule has 0 amide bonds. The van der Waals surface area contributed by atoms with Crippen LogP contribution >= 0.6 is 0 Å². The van der Waals surface area contributed by atoms with Crippen molar-refractivity contribution in [1.29, 1.82) is 0 Å². The first-order chi connectivity index (χ1) is 5.68. The Morgan fingerprint density at radius 2 is 1.54 bits per heavy atom. The number of hydrogen-bond donors (Lipinski definition) is 0. The fourth-order valence-electron chi connectivity index (χ4n) is 1.14. The van der Waals surface area contributed by atoms with Crippen LogP contribution in [0.2, 0.25) is 0 Å². The molecular formula is C10H17FO2. The molecule has 0 heterocycles. The normalized spacial score (nSPS) is 14.4. The van der Waals surface area contributed by atoms with Gasteiger partial charge in [-0.05, 0) is 20.8 Å². The van der Waals surface area contributed by atoms with Crippen molar-refractivity contribution in [2.75, 3.05) is 0 Å². The second-order valence-corrected chi connectivity index (χ2v) is 4.12. The lowest BCUT2D eigenvalue weighted by Crippen LogP contribution is -2.37. The van der Waals surface area contributed by atoms with Crippen LogP contribution in [0.25, 0.3) is 0 Å². The van der Waals surface area contributed by atoms with E-state index in [4.69, 9.17) is 0 Å². The maximum absolute atomic E-state index is 13.2. The molecule has 0 N–H and O–H groups in total. The van der Waals surface area contributed by atoms with Crippen LogP contribution in [-0.2, 0) is 9.59 Å². The number of rotatable bonds is 4. The van der Waals surface area contributed by atoms with Crippen molar-refractivity contribution in [2.24, 2.45) is 11.8 Å². The number of halogens is 1. The van der Waals surface area contributed by atoms with E-state index >= 15 is 0 Å². The van der Waals surface area contributed by atoms with Gasteiger partial charge in [-0.3, -0.25) is 9.59 Å². The minimum atomic E-state index is -1.91. The lowest BCUT2D eigenvalue weighted by Gasteiger charge is -2.18. The van der Waals surface area contributed by atoms with Gasteiger partial charge in [0.2, 0.25) is 0 Å². The van der Waals surface area contributed by atoms with E-state index in [2.05, 4.69) is 0 Å². The molecule has 0 aromatic rings. The first-order valence-corrected chi connectivity index (χ1v) is 4.45. The van der Waals surface area contributed by atoms with Crippen molar-refractivity contribution in [3.8, 4) is 0 Å². The Morgan fingerprint density at radius 3 is 1.77 bits per heavy atom. The highest BCUT2D eigenvalue weighted by Gasteiger charge is 2.35. The smallest absolute Gasteiger partial charge is 0.179 e. The Labute approximate surface area is 78.5 Å². The maximum Gasteiger partial charge on any atom is 0.179 e. The molecule has 0 fully saturated rings. The molecule has 0 aliphatic carbocycles. The van der Waals surface area contributed by atoms with Gasteiger partial charge in [0.05, 0.1) is 5.92 Å². The third kappa shape index (κ3) is 3.25. The molecule has 1 unspecified atom stereocenters. The Hall–Kier alpha value is -0.730. The molecule has 0 aliphatic rings. The largest absolute Gasteiger partial charge is 0.299 e. The van der Waals surface area contributed by atoms with Gasteiger partial charge in [-0.15, -0.1) is 0 Å². The fraction of sp³-hybridized carbons (Fsp3) is 0.800. The molecule has 0 aliphatic heterocycles. The number of carbonyl (C=O) groups excluding carboxylic acids is 2. The Bertz CT molecular complexity index is 213. The SMILES string of the molecule is CC(C)C(=O)C(C)C(=O)C(C)(C)F. The van der Waals surface area contributed by atoms with Crippen molar-refractivity contribution in [1.82, 2.24) is 0 Å². The van der Waals surface area contributed by atoms with E-state index in [0.717, 1.165) is 0 Å². The van der Waals surface area contributed by atoms with E-state index in [1.165, 1.54) is 20.8 Å². The summed E-state index contributed by atoms with van der Waals surface area (Å²) in [4.78, 5) is 22.7. The van der Waals surface area contributed by atoms with Gasteiger partial charge in [-0.25, -0.2) is 4.39 Å². The molecule has 76 valence electrons. The van der Waals surface area contributed by atoms with Gasteiger partial charge in [0.1, 0.15) is 5.78 Å². The van der Waals surface area contributed by atoms with Gasteiger partial charge in [-0.1, -0.05) is 13.8 Å². The summed E-state index contributed by atoms with van der Waals surface area (Å²) in [7, 11) is 0. The zero-order chi connectivity index (χ0) is 10.8. The Balaban J connectivity index is 4.54. The average Bonchev–Trinajstić information content (AvgIpc) is 1.98. The van der Waals surface area contributed by atoms with E-state index in [1.807, 2.05) is 0 Å². The molecule has 1 atom stereocenters. The Morgan fingerprint density at radius 1 is 1.15 bits per heavy atom. The third-order valence-corrected chi connectivity index (χ3v) is 1.98. The first kappa shape index (κ1) is 12.3. The fourth-order valence-corrected chi connectivity index (χ4v) is 1.14. The minimum Gasteiger partial charge on any atom is -0.299 e. The topological polar surface area (TPSA) is 34.1 Å². The average molecular weight is 188 g/mol. The van der Waals surface area contributed by atoms with Gasteiger partial charge >= 0.3 is 0 Å². The highest BCUT2D eigenvalue weighted by molar-refractivity contribution is 6.05. The van der Waals surface area contributed by atoms with Crippen molar-refractivity contribution in [2.45, 2.75) is 40.3 Å². The predicted octanol–water partition coefficient (Wildman–Crippen LogP) is 2.16. The molecule has 0 spiro atoms. The number of carbonyl (C=O) groups is 2. The minimum absolute atomic E-state index is 0.198. The van der Waals surface area contributed by atoms with Crippen LogP contribution in [0.3, 0.4) is 0 Å². The highest BCUT2D eigenvalue weighted by Crippen LogP contribution is 2.18. The molecule has 0 aromatic carbocycles. The predicted molar refractivity (Wildman–Crippen MR) is 49.2 cm³/mol. The number of alkyl halides is 1. The molecule has 0 rings (SSSR count). The standard InChI is InChI=1S/C10H17FO2/c1-6(2)8(12)7(3)9(13)10(4,5)11/h6-7H,1-5H3. The van der Waals surface area contributed by atoms with E-state index in [9.17, 15) is 14.0 Å². The van der Waals surface area contributed by atoms with Crippen LogP contribution < -0.4 is 0 Å². The van der Waals surface area contributed by atoms with E-state index < -0.39 is 17.4 Å². The number of ketones is 2. The van der Waals surface area contributed by atoms with E-state index in [0.29, 0.717) is 0 Å². The molecular weight excluding hydrogens is 171 g/mol. The second-order valence-electron chi connectivity index (χ2n) is 4.12. The van der Waals surface area contributed by atoms with Crippen LogP contribution in [0, 0.1) is 11.8 Å². The summed E-state index contributed by atoms with van der Waals surface area (Å²) < 4.78 is 13.2. The first-order valence-electron chi connectivity index (χ1n) is 4.45. The van der Waals surface area contributed by atoms with Crippen LogP contribution in [-0.4, -0.2) is 17.2 Å². The van der Waals surface area contributed by atoms with E-state index in [-0.39, 0.29) is 11.7 Å². The quantitative estimate of drug-likeness (QED) is 0.633. The second kappa shape index (κ2) is 3.99. The molecule has 3 heteroatoms. The van der Waals surface area contributed by atoms with Gasteiger partial charge in [0.15, 0.2) is 11.5 Å². The summed E-state index contributed by atoms with van der Waals surface area (Å²) in [5, 5.41) is 0. The monoisotopic (exact) mass is 188 g/mol. The number of Topliss-reactive ketones (excluding diaryl/α,β-unsaturated/α-hetero) is 2. The molecule has 0 saturated carbocycles. The van der Waals surface area contributed by atoms with Crippen LogP contribution in [0.1, 0.15) is 34.6 Å². The van der Waals surface area contributed by atoms with Gasteiger partial charge in [0.25, 0.3) is 0 Å². The summed E-state index contributed by atoms with van der Waals surface area (Å²) in [6, 6.07) is 0. The van der Waals surface area contributed by atoms with Crippen molar-refractivity contribution in [3.05, 3.63) is 0 Å². The van der Waals surface area contributed by atoms with Crippen molar-refractivity contribution >= 4 is 11.6 Å². The van der Waals surface area contributed by atoms with Gasteiger partial charge in [0, 0.05) is 5.92 Å². The number of hydrogen-bond acceptors (Lipinski definition) is 2. The molecule has 0 radical (unpaired) electrons. The van der Waals surface area contributed by atoms with Crippen LogP contribution in [0.15, 0.2) is 0 Å². The summed E-state index contributed by atoms with van der Waals surface area (Å²) in [5.74, 6) is -1.89. The zero-order valence-corrected chi connectivity index (χ0v) is 8.85. The molecule has 0 saturated heterocycles. The van der Waals surface area contributed by atoms with Crippen LogP contribution in [0.5, 0.6) is 0 Å². The van der Waals surface area contributed by atoms with Crippen molar-refractivity contribution in [3.63, 3.8) is 0 Å². The molecule has 13 heavy (non-hydrogen) atoms. The highest BCUT2D eigenvalue weighted by atomic mass is 19.1. The lowest BCUT2D eigenvalue weighted by molar-refractivity contribution is -0.139. The Kier molecular flexibility index (Phi) is 3.76. The third-order valence-electron chi connectivity index (χ3n) is 1.98. The lowest BCUT2D eigenvalue weighted by atomic mass is 9.87. The summed E-state index contributed by atoms with van der Waals surface area (Å²) in [6.45, 7) is 7.24. The molecule has 0 aromatic heterocycles. The molecule has 0 bridgehead atoms. The maximum atomic E-state index is 13.2. The summed E-state index contributed by atoms with van der Waals surface area (Å²) in [5.41, 5.74) is -1.91. The van der Waals surface area contributed by atoms with E-state index in [1.54, 1.807) is 13.8 Å².